The quantitative estimate of drug-likeness (QED) is 0.746. The van der Waals surface area contributed by atoms with Crippen LogP contribution in [0.5, 0.6) is 11.5 Å². The number of benzene rings is 2. The summed E-state index contributed by atoms with van der Waals surface area (Å²) in [6.45, 7) is 3.64. The molecule has 2 aromatic carbocycles. The zero-order chi connectivity index (χ0) is 21.4. The van der Waals surface area contributed by atoms with Crippen molar-refractivity contribution in [2.45, 2.75) is 31.4 Å². The van der Waals surface area contributed by atoms with Gasteiger partial charge in [0.2, 0.25) is 0 Å². The van der Waals surface area contributed by atoms with E-state index in [1.54, 1.807) is 7.11 Å². The topological polar surface area (TPSA) is 60.0 Å². The van der Waals surface area contributed by atoms with Crippen LogP contribution in [0.4, 0.5) is 4.79 Å². The molecule has 0 spiro atoms. The number of ether oxygens (including phenoxy) is 3. The summed E-state index contributed by atoms with van der Waals surface area (Å²) in [6, 6.07) is 11.4. The van der Waals surface area contributed by atoms with Gasteiger partial charge < -0.3 is 19.5 Å². The molecule has 4 heterocycles. The predicted octanol–water partition coefficient (Wildman–Crippen LogP) is 4.66. The van der Waals surface area contributed by atoms with Crippen LogP contribution in [-0.2, 0) is 4.74 Å². The molecule has 31 heavy (non-hydrogen) atoms. The molecule has 0 aromatic heterocycles. The average Bonchev–Trinajstić information content (AvgIpc) is 2.80. The molecule has 1 N–H and O–H groups in total. The third-order valence-electron chi connectivity index (χ3n) is 6.68. The van der Waals surface area contributed by atoms with E-state index in [1.807, 2.05) is 36.4 Å². The maximum Gasteiger partial charge on any atom is 0.407 e. The van der Waals surface area contributed by atoms with E-state index < -0.39 is 0 Å². The van der Waals surface area contributed by atoms with Crippen LogP contribution in [0.1, 0.15) is 30.9 Å². The van der Waals surface area contributed by atoms with Gasteiger partial charge in [-0.3, -0.25) is 4.90 Å². The SMILES string of the molecule is COc1ccc(Cl)c(-c2ccc3c(c2)OCCC3NC(=O)O[C@H]2CN3CCC2CC3)c1. The molecule has 0 radical (unpaired) electrons. The van der Waals surface area contributed by atoms with Crippen molar-refractivity contribution in [2.75, 3.05) is 33.4 Å². The van der Waals surface area contributed by atoms with Gasteiger partial charge in [-0.05, 0) is 61.7 Å². The van der Waals surface area contributed by atoms with Crippen LogP contribution in [0, 0.1) is 5.92 Å². The van der Waals surface area contributed by atoms with E-state index in [2.05, 4.69) is 10.2 Å². The zero-order valence-corrected chi connectivity index (χ0v) is 18.4. The van der Waals surface area contributed by atoms with E-state index in [4.69, 9.17) is 25.8 Å². The number of hydrogen-bond acceptors (Lipinski definition) is 5. The van der Waals surface area contributed by atoms with Gasteiger partial charge >= 0.3 is 6.09 Å². The lowest BCUT2D eigenvalue weighted by atomic mass is 9.86. The Morgan fingerprint density at radius 3 is 2.74 bits per heavy atom. The van der Waals surface area contributed by atoms with Crippen molar-refractivity contribution in [3.63, 3.8) is 0 Å². The lowest BCUT2D eigenvalue weighted by molar-refractivity contribution is -0.0342. The van der Waals surface area contributed by atoms with Crippen molar-refractivity contribution in [3.05, 3.63) is 47.0 Å². The molecule has 7 heteroatoms. The van der Waals surface area contributed by atoms with Crippen LogP contribution in [0.2, 0.25) is 5.02 Å². The largest absolute Gasteiger partial charge is 0.497 e. The van der Waals surface area contributed by atoms with Crippen molar-refractivity contribution >= 4 is 17.7 Å². The van der Waals surface area contributed by atoms with Gasteiger partial charge in [0.15, 0.2) is 0 Å². The smallest absolute Gasteiger partial charge is 0.407 e. The highest BCUT2D eigenvalue weighted by atomic mass is 35.5. The number of alkyl carbamates (subject to hydrolysis) is 1. The highest BCUT2D eigenvalue weighted by molar-refractivity contribution is 6.33. The lowest BCUT2D eigenvalue weighted by Crippen LogP contribution is -2.52. The molecule has 2 atom stereocenters. The Balaban J connectivity index is 1.31. The molecule has 2 bridgehead atoms. The van der Waals surface area contributed by atoms with Gasteiger partial charge in [-0.1, -0.05) is 23.7 Å². The summed E-state index contributed by atoms with van der Waals surface area (Å²) >= 11 is 6.41. The Hall–Kier alpha value is -2.44. The van der Waals surface area contributed by atoms with E-state index in [0.29, 0.717) is 24.0 Å². The van der Waals surface area contributed by atoms with Crippen molar-refractivity contribution in [3.8, 4) is 22.6 Å². The van der Waals surface area contributed by atoms with Crippen LogP contribution >= 0.6 is 11.6 Å². The number of hydrogen-bond donors (Lipinski definition) is 1. The molecule has 164 valence electrons. The maximum atomic E-state index is 12.6. The number of rotatable bonds is 4. The zero-order valence-electron chi connectivity index (χ0n) is 17.6. The van der Waals surface area contributed by atoms with Gasteiger partial charge in [0.05, 0.1) is 19.8 Å². The minimum absolute atomic E-state index is 0.000565. The fourth-order valence-corrected chi connectivity index (χ4v) is 5.14. The van der Waals surface area contributed by atoms with Gasteiger partial charge in [0, 0.05) is 29.1 Å². The fourth-order valence-electron chi connectivity index (χ4n) is 4.92. The van der Waals surface area contributed by atoms with Crippen LogP contribution in [0.3, 0.4) is 0 Å². The average molecular weight is 443 g/mol. The molecule has 1 amide bonds. The number of fused-ring (bicyclic) bond motifs is 4. The summed E-state index contributed by atoms with van der Waals surface area (Å²) in [6.07, 6.45) is 2.61. The number of nitrogens with one attached hydrogen (secondary N) is 1. The maximum absolute atomic E-state index is 12.6. The summed E-state index contributed by atoms with van der Waals surface area (Å²) in [5.74, 6) is 2.00. The van der Waals surface area contributed by atoms with Crippen LogP contribution in [0.15, 0.2) is 36.4 Å². The normalized spacial score (nSPS) is 26.5. The van der Waals surface area contributed by atoms with E-state index in [1.165, 1.54) is 0 Å². The number of amides is 1. The van der Waals surface area contributed by atoms with Gasteiger partial charge in [0.25, 0.3) is 0 Å². The van der Waals surface area contributed by atoms with Crippen molar-refractivity contribution in [1.29, 1.82) is 0 Å². The number of piperidine rings is 3. The summed E-state index contributed by atoms with van der Waals surface area (Å²) in [5, 5.41) is 3.71. The minimum Gasteiger partial charge on any atom is -0.497 e. The molecule has 3 saturated heterocycles. The van der Waals surface area contributed by atoms with Crippen LogP contribution in [-0.4, -0.2) is 50.4 Å². The standard InChI is InChI=1S/C24H27ClN2O4/c1-29-17-3-5-20(25)19(13-17)16-2-4-18-21(8-11-30-22(18)12-16)26-24(28)31-23-14-27-9-6-15(23)7-10-27/h2-5,12-13,15,21,23H,6-11,14H2,1H3,(H,26,28)/t21?,23-/m0/s1. The second-order valence-corrected chi connectivity index (χ2v) is 8.92. The van der Waals surface area contributed by atoms with Gasteiger partial charge in [-0.25, -0.2) is 4.79 Å². The van der Waals surface area contributed by atoms with Crippen molar-refractivity contribution < 1.29 is 19.0 Å². The Morgan fingerprint density at radius 2 is 2.00 bits per heavy atom. The van der Waals surface area contributed by atoms with Crippen LogP contribution < -0.4 is 14.8 Å². The number of carbonyl (C=O) groups is 1. The summed E-state index contributed by atoms with van der Waals surface area (Å²) < 4.78 is 17.1. The molecule has 6 rings (SSSR count). The monoisotopic (exact) mass is 442 g/mol. The first kappa shape index (κ1) is 20.5. The molecular weight excluding hydrogens is 416 g/mol. The highest BCUT2D eigenvalue weighted by Gasteiger charge is 2.37. The predicted molar refractivity (Wildman–Crippen MR) is 119 cm³/mol. The first-order valence-electron chi connectivity index (χ1n) is 10.9. The summed E-state index contributed by atoms with van der Waals surface area (Å²) in [7, 11) is 1.63. The molecule has 4 aliphatic rings. The van der Waals surface area contributed by atoms with Crippen molar-refractivity contribution in [1.82, 2.24) is 10.2 Å². The summed E-state index contributed by atoms with van der Waals surface area (Å²) in [5.41, 5.74) is 2.78. The molecule has 4 aliphatic heterocycles. The Labute approximate surface area is 187 Å². The third kappa shape index (κ3) is 4.19. The molecular formula is C24H27ClN2O4. The first-order valence-corrected chi connectivity index (χ1v) is 11.3. The third-order valence-corrected chi connectivity index (χ3v) is 7.01. The molecule has 2 aromatic rings. The van der Waals surface area contributed by atoms with Crippen LogP contribution in [0.25, 0.3) is 11.1 Å². The molecule has 1 unspecified atom stereocenters. The second kappa shape index (κ2) is 8.60. The molecule has 3 fully saturated rings. The Morgan fingerprint density at radius 1 is 1.16 bits per heavy atom. The van der Waals surface area contributed by atoms with E-state index >= 15 is 0 Å². The minimum atomic E-state index is -0.337. The number of methoxy groups -OCH3 is 1. The number of carbonyl (C=O) groups excluding carboxylic acids is 1. The first-order chi connectivity index (χ1) is 15.1. The van der Waals surface area contributed by atoms with Gasteiger partial charge in [0.1, 0.15) is 17.6 Å². The lowest BCUT2D eigenvalue weighted by Gasteiger charge is -2.44. The highest BCUT2D eigenvalue weighted by Crippen LogP contribution is 2.39. The second-order valence-electron chi connectivity index (χ2n) is 8.51. The van der Waals surface area contributed by atoms with Gasteiger partial charge in [-0.15, -0.1) is 0 Å². The number of nitrogens with zero attached hydrogens (tertiary/aromatic N) is 1. The summed E-state index contributed by atoms with van der Waals surface area (Å²) in [4.78, 5) is 15.0. The Bertz CT molecular complexity index is 974. The number of halogens is 1. The van der Waals surface area contributed by atoms with Gasteiger partial charge in [-0.2, -0.15) is 0 Å². The van der Waals surface area contributed by atoms with E-state index in [9.17, 15) is 4.79 Å². The Kier molecular flexibility index (Phi) is 5.67. The molecule has 0 aliphatic carbocycles. The van der Waals surface area contributed by atoms with E-state index in [-0.39, 0.29) is 18.2 Å². The van der Waals surface area contributed by atoms with Crippen molar-refractivity contribution in [2.24, 2.45) is 5.92 Å². The molecule has 0 saturated carbocycles. The molecule has 6 nitrogen and oxygen atoms in total. The fraction of sp³-hybridized carbons (Fsp3) is 0.458. The van der Waals surface area contributed by atoms with E-state index in [0.717, 1.165) is 60.7 Å².